The molecule has 0 aliphatic heterocycles. The molecule has 0 saturated heterocycles. The molecule has 2 aromatic heterocycles. The van der Waals surface area contributed by atoms with E-state index in [-0.39, 0.29) is 11.0 Å². The molecule has 1 saturated carbocycles. The quantitative estimate of drug-likeness (QED) is 0.281. The van der Waals surface area contributed by atoms with Crippen molar-refractivity contribution in [1.29, 1.82) is 0 Å². The minimum atomic E-state index is -0.129. The predicted molar refractivity (Wildman–Crippen MR) is 138 cm³/mol. The summed E-state index contributed by atoms with van der Waals surface area (Å²) >= 11 is 1.62. The lowest BCUT2D eigenvalue weighted by Gasteiger charge is -2.42. The van der Waals surface area contributed by atoms with Crippen LogP contribution in [-0.2, 0) is 18.4 Å². The Balaban J connectivity index is 1.71. The second-order valence-corrected chi connectivity index (χ2v) is 10.5. The zero-order chi connectivity index (χ0) is 23.1. The van der Waals surface area contributed by atoms with E-state index in [1.807, 2.05) is 28.8 Å². The van der Waals surface area contributed by atoms with E-state index in [1.165, 1.54) is 12.0 Å². The first kappa shape index (κ1) is 21.4. The van der Waals surface area contributed by atoms with E-state index >= 15 is 0 Å². The Kier molecular flexibility index (Phi) is 5.41. The molecule has 6 heteroatoms. The van der Waals surface area contributed by atoms with Crippen molar-refractivity contribution in [2.75, 3.05) is 5.75 Å². The molecule has 0 N–H and O–H groups in total. The van der Waals surface area contributed by atoms with Crippen LogP contribution in [0.15, 0.2) is 77.2 Å². The summed E-state index contributed by atoms with van der Waals surface area (Å²) in [5, 5.41) is 9.94. The molecule has 6 rings (SSSR count). The number of rotatable bonds is 5. The van der Waals surface area contributed by atoms with Crippen LogP contribution in [-0.4, -0.2) is 24.9 Å². The molecule has 0 bridgehead atoms. The van der Waals surface area contributed by atoms with Crippen LogP contribution in [0.1, 0.15) is 48.8 Å². The third-order valence-corrected chi connectivity index (χ3v) is 8.36. The van der Waals surface area contributed by atoms with Gasteiger partial charge in [-0.05, 0) is 30.4 Å². The summed E-state index contributed by atoms with van der Waals surface area (Å²) in [6.45, 7) is 4.37. The van der Waals surface area contributed by atoms with Gasteiger partial charge < -0.3 is 0 Å². The van der Waals surface area contributed by atoms with E-state index in [9.17, 15) is 4.79 Å². The molecule has 0 amide bonds. The molecule has 2 aliphatic carbocycles. The Morgan fingerprint density at radius 2 is 1.76 bits per heavy atom. The lowest BCUT2D eigenvalue weighted by Crippen LogP contribution is -2.43. The molecule has 34 heavy (non-hydrogen) atoms. The summed E-state index contributed by atoms with van der Waals surface area (Å²) < 4.78 is 4.01. The Hall–Kier alpha value is -3.12. The average molecular weight is 469 g/mol. The molecule has 0 unspecified atom stereocenters. The largest absolute Gasteiger partial charge is 0.272 e. The standard InChI is InChI=1S/C28H28N4OS/c1-2-17-34-27-30-29-26-31(19-20-11-5-3-6-12-20)25(33)23-24(32(26)27)22-14-8-7-13-21(22)18-28(23)15-9-4-10-16-28/h2-3,5-8,11-14H,1,4,9-10,15-19H2. The average Bonchev–Trinajstić information content (AvgIpc) is 3.29. The van der Waals surface area contributed by atoms with Gasteiger partial charge in [-0.2, -0.15) is 0 Å². The molecule has 2 heterocycles. The first-order chi connectivity index (χ1) is 16.7. The van der Waals surface area contributed by atoms with E-state index in [0.717, 1.165) is 65.4 Å². The number of benzene rings is 2. The topological polar surface area (TPSA) is 52.2 Å². The number of hydrogen-bond acceptors (Lipinski definition) is 4. The van der Waals surface area contributed by atoms with Crippen molar-refractivity contribution in [2.24, 2.45) is 0 Å². The van der Waals surface area contributed by atoms with Gasteiger partial charge in [0.1, 0.15) is 0 Å². The minimum absolute atomic E-state index is 0.0930. The monoisotopic (exact) mass is 468 g/mol. The van der Waals surface area contributed by atoms with Gasteiger partial charge in [-0.15, -0.1) is 16.8 Å². The first-order valence-electron chi connectivity index (χ1n) is 12.1. The van der Waals surface area contributed by atoms with Gasteiger partial charge in [-0.1, -0.05) is 91.7 Å². The summed E-state index contributed by atoms with van der Waals surface area (Å²) in [5.74, 6) is 1.35. The lowest BCUT2D eigenvalue weighted by atomic mass is 9.62. The maximum atomic E-state index is 14.4. The van der Waals surface area contributed by atoms with Gasteiger partial charge in [0.25, 0.3) is 5.56 Å². The van der Waals surface area contributed by atoms with Gasteiger partial charge in [-0.3, -0.25) is 13.8 Å². The van der Waals surface area contributed by atoms with E-state index in [4.69, 9.17) is 0 Å². The molecule has 4 aromatic rings. The highest BCUT2D eigenvalue weighted by atomic mass is 32.2. The zero-order valence-electron chi connectivity index (χ0n) is 19.2. The van der Waals surface area contributed by atoms with Crippen LogP contribution in [0.5, 0.6) is 0 Å². The molecule has 0 radical (unpaired) electrons. The molecular weight excluding hydrogens is 440 g/mol. The second-order valence-electron chi connectivity index (χ2n) is 9.49. The summed E-state index contributed by atoms with van der Waals surface area (Å²) in [7, 11) is 0. The maximum absolute atomic E-state index is 14.4. The third-order valence-electron chi connectivity index (χ3n) is 7.43. The predicted octanol–water partition coefficient (Wildman–Crippen LogP) is 5.64. The number of hydrogen-bond donors (Lipinski definition) is 0. The second kappa shape index (κ2) is 8.58. The van der Waals surface area contributed by atoms with E-state index < -0.39 is 0 Å². The molecule has 0 atom stereocenters. The van der Waals surface area contributed by atoms with E-state index in [0.29, 0.717) is 12.3 Å². The molecule has 1 fully saturated rings. The van der Waals surface area contributed by atoms with Gasteiger partial charge in [0, 0.05) is 22.3 Å². The highest BCUT2D eigenvalue weighted by molar-refractivity contribution is 7.99. The third kappa shape index (κ3) is 3.35. The van der Waals surface area contributed by atoms with Crippen LogP contribution < -0.4 is 5.56 Å². The van der Waals surface area contributed by atoms with Gasteiger partial charge in [0.2, 0.25) is 5.78 Å². The van der Waals surface area contributed by atoms with Crippen molar-refractivity contribution in [3.8, 4) is 11.3 Å². The summed E-state index contributed by atoms with van der Waals surface area (Å²) in [4.78, 5) is 14.4. The fraction of sp³-hybridized carbons (Fsp3) is 0.321. The molecular formula is C28H28N4OS. The fourth-order valence-corrected chi connectivity index (χ4v) is 6.62. The van der Waals surface area contributed by atoms with E-state index in [1.54, 1.807) is 11.8 Å². The number of nitrogens with zero attached hydrogens (tertiary/aromatic N) is 4. The van der Waals surface area contributed by atoms with Crippen LogP contribution in [0.4, 0.5) is 0 Å². The fourth-order valence-electron chi connectivity index (χ4n) is 5.95. The molecule has 5 nitrogen and oxygen atoms in total. The van der Waals surface area contributed by atoms with Crippen LogP contribution in [0.25, 0.3) is 17.0 Å². The Bertz CT molecular complexity index is 1430. The Morgan fingerprint density at radius 1 is 1.00 bits per heavy atom. The summed E-state index contributed by atoms with van der Waals surface area (Å²) in [5.41, 5.74) is 5.49. The number of thioether (sulfide) groups is 1. The van der Waals surface area contributed by atoms with Crippen LogP contribution in [0, 0.1) is 0 Å². The normalized spacial score (nSPS) is 16.4. The van der Waals surface area contributed by atoms with Gasteiger partial charge >= 0.3 is 0 Å². The lowest BCUT2D eigenvalue weighted by molar-refractivity contribution is 0.283. The maximum Gasteiger partial charge on any atom is 0.259 e. The van der Waals surface area contributed by atoms with Crippen LogP contribution >= 0.6 is 11.8 Å². The van der Waals surface area contributed by atoms with Crippen molar-refractivity contribution in [3.05, 3.63) is 94.3 Å². The Labute approximate surface area is 203 Å². The van der Waals surface area contributed by atoms with Crippen LogP contribution in [0.3, 0.4) is 0 Å². The van der Waals surface area contributed by atoms with Crippen molar-refractivity contribution < 1.29 is 0 Å². The minimum Gasteiger partial charge on any atom is -0.272 e. The SMILES string of the molecule is C=CCSc1nnc2n(Cc3ccccc3)c(=O)c3c(n12)-c1ccccc1CC31CCCCC1. The van der Waals surface area contributed by atoms with E-state index in [2.05, 4.69) is 57.6 Å². The number of fused-ring (bicyclic) bond motifs is 6. The van der Waals surface area contributed by atoms with Crippen molar-refractivity contribution in [3.63, 3.8) is 0 Å². The molecule has 2 aromatic carbocycles. The first-order valence-corrected chi connectivity index (χ1v) is 13.1. The van der Waals surface area contributed by atoms with Gasteiger partial charge in [-0.25, -0.2) is 0 Å². The van der Waals surface area contributed by atoms with Crippen LogP contribution in [0.2, 0.25) is 0 Å². The molecule has 172 valence electrons. The van der Waals surface area contributed by atoms with Gasteiger partial charge in [0.05, 0.1) is 12.2 Å². The highest BCUT2D eigenvalue weighted by Gasteiger charge is 2.44. The summed E-state index contributed by atoms with van der Waals surface area (Å²) in [6.07, 6.45) is 8.49. The van der Waals surface area contributed by atoms with Crippen molar-refractivity contribution >= 4 is 17.5 Å². The van der Waals surface area contributed by atoms with Crippen molar-refractivity contribution in [1.82, 2.24) is 19.2 Å². The van der Waals surface area contributed by atoms with Gasteiger partial charge in [0.15, 0.2) is 5.16 Å². The molecule has 1 spiro atoms. The summed E-state index contributed by atoms with van der Waals surface area (Å²) in [6, 6.07) is 18.8. The smallest absolute Gasteiger partial charge is 0.259 e. The number of aromatic nitrogens is 4. The Morgan fingerprint density at radius 3 is 2.56 bits per heavy atom. The van der Waals surface area contributed by atoms with Crippen molar-refractivity contribution in [2.45, 2.75) is 55.6 Å². The highest BCUT2D eigenvalue weighted by Crippen LogP contribution is 2.49. The molecule has 2 aliphatic rings. The zero-order valence-corrected chi connectivity index (χ0v) is 20.1.